The molecule has 1 aliphatic heterocycles. The molecular formula is C21H27N3O2. The van der Waals surface area contributed by atoms with E-state index >= 15 is 0 Å². The number of ether oxygens (including phenoxy) is 1. The molecule has 0 aromatic heterocycles. The van der Waals surface area contributed by atoms with Crippen molar-refractivity contribution in [3.63, 3.8) is 0 Å². The van der Waals surface area contributed by atoms with Crippen LogP contribution in [0.5, 0.6) is 0 Å². The Morgan fingerprint density at radius 2 is 1.81 bits per heavy atom. The van der Waals surface area contributed by atoms with Crippen LogP contribution in [0.1, 0.15) is 18.1 Å². The molecule has 2 unspecified atom stereocenters. The molecule has 138 valence electrons. The number of urea groups is 1. The van der Waals surface area contributed by atoms with Gasteiger partial charge in [0.05, 0.1) is 6.10 Å². The number of amides is 2. The van der Waals surface area contributed by atoms with Crippen LogP contribution in [0.4, 0.5) is 10.5 Å². The molecule has 0 spiro atoms. The maximum Gasteiger partial charge on any atom is 0.314 e. The Balaban J connectivity index is 1.39. The number of nitrogens with zero attached hydrogens (tertiary/aromatic N) is 1. The van der Waals surface area contributed by atoms with E-state index in [-0.39, 0.29) is 12.1 Å². The summed E-state index contributed by atoms with van der Waals surface area (Å²) in [5.41, 5.74) is 2.31. The van der Waals surface area contributed by atoms with E-state index < -0.39 is 0 Å². The summed E-state index contributed by atoms with van der Waals surface area (Å²) in [5.74, 6) is 0.480. The zero-order valence-electron chi connectivity index (χ0n) is 15.2. The van der Waals surface area contributed by atoms with Crippen molar-refractivity contribution >= 4 is 11.7 Å². The molecule has 2 aromatic carbocycles. The molecule has 1 saturated heterocycles. The third-order valence-electron chi connectivity index (χ3n) is 4.86. The summed E-state index contributed by atoms with van der Waals surface area (Å²) >= 11 is 0. The summed E-state index contributed by atoms with van der Waals surface area (Å²) in [7, 11) is 1.66. The van der Waals surface area contributed by atoms with Crippen molar-refractivity contribution in [1.82, 2.24) is 10.6 Å². The van der Waals surface area contributed by atoms with Crippen LogP contribution in [-0.2, 0) is 4.74 Å². The molecule has 5 heteroatoms. The Kier molecular flexibility index (Phi) is 6.50. The van der Waals surface area contributed by atoms with E-state index in [1.165, 1.54) is 5.69 Å². The summed E-state index contributed by atoms with van der Waals surface area (Å²) < 4.78 is 5.48. The number of methoxy groups -OCH3 is 1. The summed E-state index contributed by atoms with van der Waals surface area (Å²) in [5, 5.41) is 5.91. The van der Waals surface area contributed by atoms with Crippen molar-refractivity contribution in [2.75, 3.05) is 38.2 Å². The van der Waals surface area contributed by atoms with Crippen molar-refractivity contribution in [2.45, 2.75) is 12.5 Å². The zero-order chi connectivity index (χ0) is 18.2. The van der Waals surface area contributed by atoms with Gasteiger partial charge < -0.3 is 20.3 Å². The van der Waals surface area contributed by atoms with Crippen molar-refractivity contribution in [1.29, 1.82) is 0 Å². The van der Waals surface area contributed by atoms with Gasteiger partial charge in [0.2, 0.25) is 0 Å². The standard InChI is InChI=1S/C21H27N3O2/c1-26-20(18-8-4-2-5-9-18)15-23-21(25)22-14-17-12-13-24(16-17)19-10-6-3-7-11-19/h2-11,17,20H,12-16H2,1H3,(H2,22,23,25). The fourth-order valence-corrected chi connectivity index (χ4v) is 3.36. The molecule has 0 bridgehead atoms. The maximum atomic E-state index is 12.1. The van der Waals surface area contributed by atoms with Crippen LogP contribution in [0.25, 0.3) is 0 Å². The molecule has 3 rings (SSSR count). The summed E-state index contributed by atoms with van der Waals surface area (Å²) in [4.78, 5) is 14.5. The van der Waals surface area contributed by atoms with Crippen LogP contribution >= 0.6 is 0 Å². The topological polar surface area (TPSA) is 53.6 Å². The number of carbonyl (C=O) groups excluding carboxylic acids is 1. The van der Waals surface area contributed by atoms with Gasteiger partial charge in [0.1, 0.15) is 0 Å². The van der Waals surface area contributed by atoms with Gasteiger partial charge in [-0.05, 0) is 30.0 Å². The molecule has 0 saturated carbocycles. The number of para-hydroxylation sites is 1. The minimum atomic E-state index is -0.138. The number of nitrogens with one attached hydrogen (secondary N) is 2. The van der Waals surface area contributed by atoms with E-state index in [4.69, 9.17) is 4.74 Å². The molecule has 1 heterocycles. The molecule has 5 nitrogen and oxygen atoms in total. The minimum absolute atomic E-state index is 0.137. The highest BCUT2D eigenvalue weighted by Crippen LogP contribution is 2.22. The Bertz CT molecular complexity index is 678. The molecule has 1 aliphatic rings. The highest BCUT2D eigenvalue weighted by Gasteiger charge is 2.23. The molecule has 2 amide bonds. The summed E-state index contributed by atoms with van der Waals surface area (Å²) in [6.45, 7) is 3.16. The van der Waals surface area contributed by atoms with Gasteiger partial charge >= 0.3 is 6.03 Å². The van der Waals surface area contributed by atoms with Crippen molar-refractivity contribution in [2.24, 2.45) is 5.92 Å². The van der Waals surface area contributed by atoms with Gasteiger partial charge in [-0.2, -0.15) is 0 Å². The van der Waals surface area contributed by atoms with Crippen LogP contribution in [0.2, 0.25) is 0 Å². The predicted molar refractivity (Wildman–Crippen MR) is 104 cm³/mol. The highest BCUT2D eigenvalue weighted by atomic mass is 16.5. The Morgan fingerprint density at radius 1 is 1.12 bits per heavy atom. The largest absolute Gasteiger partial charge is 0.375 e. The van der Waals surface area contributed by atoms with Crippen molar-refractivity contribution in [3.05, 3.63) is 66.2 Å². The second-order valence-corrected chi connectivity index (χ2v) is 6.66. The number of anilines is 1. The number of rotatable bonds is 7. The first-order valence-electron chi connectivity index (χ1n) is 9.15. The minimum Gasteiger partial charge on any atom is -0.375 e. The molecule has 26 heavy (non-hydrogen) atoms. The summed E-state index contributed by atoms with van der Waals surface area (Å²) in [6, 6.07) is 20.2. The lowest BCUT2D eigenvalue weighted by molar-refractivity contribution is 0.104. The third-order valence-corrected chi connectivity index (χ3v) is 4.86. The van der Waals surface area contributed by atoms with E-state index in [2.05, 4.69) is 39.8 Å². The van der Waals surface area contributed by atoms with E-state index in [1.54, 1.807) is 7.11 Å². The quantitative estimate of drug-likeness (QED) is 0.804. The predicted octanol–water partition coefficient (Wildman–Crippen LogP) is 3.20. The van der Waals surface area contributed by atoms with Crippen LogP contribution in [0, 0.1) is 5.92 Å². The first-order chi connectivity index (χ1) is 12.8. The Hall–Kier alpha value is -2.53. The number of benzene rings is 2. The summed E-state index contributed by atoms with van der Waals surface area (Å²) in [6.07, 6.45) is 0.960. The molecular weight excluding hydrogens is 326 g/mol. The lowest BCUT2D eigenvalue weighted by atomic mass is 10.1. The van der Waals surface area contributed by atoms with Gasteiger partial charge in [0.15, 0.2) is 0 Å². The maximum absolute atomic E-state index is 12.1. The van der Waals surface area contributed by atoms with E-state index in [9.17, 15) is 4.79 Å². The second-order valence-electron chi connectivity index (χ2n) is 6.66. The highest BCUT2D eigenvalue weighted by molar-refractivity contribution is 5.73. The van der Waals surface area contributed by atoms with Crippen LogP contribution in [-0.4, -0.2) is 39.3 Å². The zero-order valence-corrected chi connectivity index (χ0v) is 15.2. The van der Waals surface area contributed by atoms with Gasteiger partial charge in [0.25, 0.3) is 0 Å². The average molecular weight is 353 g/mol. The molecule has 0 radical (unpaired) electrons. The van der Waals surface area contributed by atoms with Crippen LogP contribution < -0.4 is 15.5 Å². The van der Waals surface area contributed by atoms with E-state index in [0.29, 0.717) is 19.0 Å². The molecule has 2 atom stereocenters. The molecule has 1 fully saturated rings. The SMILES string of the molecule is COC(CNC(=O)NCC1CCN(c2ccccc2)C1)c1ccccc1. The first kappa shape index (κ1) is 18.3. The second kappa shape index (κ2) is 9.25. The van der Waals surface area contributed by atoms with Gasteiger partial charge in [-0.3, -0.25) is 0 Å². The Labute approximate surface area is 155 Å². The van der Waals surface area contributed by atoms with Crippen LogP contribution in [0.3, 0.4) is 0 Å². The number of hydrogen-bond donors (Lipinski definition) is 2. The normalized spacial score (nSPS) is 17.7. The molecule has 2 N–H and O–H groups in total. The van der Waals surface area contributed by atoms with Crippen molar-refractivity contribution < 1.29 is 9.53 Å². The lowest BCUT2D eigenvalue weighted by Crippen LogP contribution is -2.40. The van der Waals surface area contributed by atoms with Gasteiger partial charge in [-0.25, -0.2) is 4.79 Å². The van der Waals surface area contributed by atoms with Gasteiger partial charge in [-0.15, -0.1) is 0 Å². The van der Waals surface area contributed by atoms with Gasteiger partial charge in [-0.1, -0.05) is 48.5 Å². The lowest BCUT2D eigenvalue weighted by Gasteiger charge is -2.19. The smallest absolute Gasteiger partial charge is 0.314 e. The van der Waals surface area contributed by atoms with E-state index in [0.717, 1.165) is 25.1 Å². The van der Waals surface area contributed by atoms with Crippen LogP contribution in [0.15, 0.2) is 60.7 Å². The van der Waals surface area contributed by atoms with Crippen molar-refractivity contribution in [3.8, 4) is 0 Å². The fraction of sp³-hybridized carbons (Fsp3) is 0.381. The molecule has 0 aliphatic carbocycles. The number of hydrogen-bond acceptors (Lipinski definition) is 3. The molecule has 2 aromatic rings. The monoisotopic (exact) mass is 353 g/mol. The van der Waals surface area contributed by atoms with Gasteiger partial charge in [0, 0.05) is 39.0 Å². The Morgan fingerprint density at radius 3 is 2.50 bits per heavy atom. The first-order valence-corrected chi connectivity index (χ1v) is 9.15. The third kappa shape index (κ3) is 4.99. The fourth-order valence-electron chi connectivity index (χ4n) is 3.36. The average Bonchev–Trinajstić information content (AvgIpc) is 3.17. The number of carbonyl (C=O) groups is 1. The van der Waals surface area contributed by atoms with E-state index in [1.807, 2.05) is 36.4 Å².